The van der Waals surface area contributed by atoms with E-state index < -0.39 is 0 Å². The highest BCUT2D eigenvalue weighted by atomic mass is 32.1. The minimum atomic E-state index is 0.816. The van der Waals surface area contributed by atoms with Gasteiger partial charge in [0, 0.05) is 12.4 Å². The molecule has 0 atom stereocenters. The van der Waals surface area contributed by atoms with Crippen LogP contribution in [0.15, 0.2) is 24.5 Å². The lowest BCUT2D eigenvalue weighted by molar-refractivity contribution is 1.33. The maximum Gasteiger partial charge on any atom is 0.147 e. The first kappa shape index (κ1) is 6.42. The van der Waals surface area contributed by atoms with Gasteiger partial charge in [0.25, 0.3) is 0 Å². The maximum atomic E-state index is 5.56. The summed E-state index contributed by atoms with van der Waals surface area (Å²) in [6.45, 7) is 0. The van der Waals surface area contributed by atoms with Crippen LogP contribution in [0.4, 0.5) is 5.00 Å². The van der Waals surface area contributed by atoms with Crippen molar-refractivity contribution in [2.45, 2.75) is 0 Å². The smallest absolute Gasteiger partial charge is 0.147 e. The number of thiophene rings is 1. The molecule has 2 aromatic rings. The summed E-state index contributed by atoms with van der Waals surface area (Å²) in [5.74, 6) is 0.881. The van der Waals surface area contributed by atoms with Gasteiger partial charge in [-0.05, 0) is 12.1 Å². The molecule has 0 aliphatic carbocycles. The summed E-state index contributed by atoms with van der Waals surface area (Å²) in [5.41, 5.74) is 5.56. The van der Waals surface area contributed by atoms with E-state index in [1.54, 1.807) is 12.4 Å². The molecule has 0 aliphatic heterocycles. The third kappa shape index (κ3) is 1.12. The second-order valence-corrected chi connectivity index (χ2v) is 3.26. The van der Waals surface area contributed by atoms with Crippen molar-refractivity contribution >= 4 is 16.3 Å². The molecular weight excluding hydrogens is 158 g/mol. The van der Waals surface area contributed by atoms with E-state index in [0.717, 1.165) is 15.7 Å². The van der Waals surface area contributed by atoms with Crippen LogP contribution < -0.4 is 5.73 Å². The van der Waals surface area contributed by atoms with Crippen molar-refractivity contribution in [1.82, 2.24) is 9.97 Å². The Morgan fingerprint density at radius 3 is 2.91 bits per heavy atom. The molecular formula is C7H7N3S. The molecule has 3 nitrogen and oxygen atoms in total. The van der Waals surface area contributed by atoms with Gasteiger partial charge in [-0.25, -0.2) is 4.98 Å². The van der Waals surface area contributed by atoms with Gasteiger partial charge in [0.05, 0.1) is 9.88 Å². The van der Waals surface area contributed by atoms with Gasteiger partial charge >= 0.3 is 0 Å². The van der Waals surface area contributed by atoms with Crippen LogP contribution in [-0.4, -0.2) is 9.97 Å². The number of nitrogens with two attached hydrogens (primary N) is 1. The minimum absolute atomic E-state index is 0.816. The molecule has 0 fully saturated rings. The highest BCUT2D eigenvalue weighted by molar-refractivity contribution is 7.19. The van der Waals surface area contributed by atoms with Gasteiger partial charge in [-0.15, -0.1) is 11.3 Å². The lowest BCUT2D eigenvalue weighted by Gasteiger charge is -1.85. The van der Waals surface area contributed by atoms with E-state index in [1.165, 1.54) is 11.3 Å². The van der Waals surface area contributed by atoms with E-state index in [-0.39, 0.29) is 0 Å². The van der Waals surface area contributed by atoms with E-state index in [0.29, 0.717) is 0 Å². The van der Waals surface area contributed by atoms with Crippen LogP contribution in [0.3, 0.4) is 0 Å². The molecule has 0 aromatic carbocycles. The zero-order valence-electron chi connectivity index (χ0n) is 5.74. The first-order valence-corrected chi connectivity index (χ1v) is 4.03. The van der Waals surface area contributed by atoms with E-state index in [2.05, 4.69) is 9.97 Å². The number of hydrogen-bond acceptors (Lipinski definition) is 3. The number of hydrogen-bond donors (Lipinski definition) is 2. The molecule has 2 aromatic heterocycles. The third-order valence-electron chi connectivity index (χ3n) is 1.36. The topological polar surface area (TPSA) is 54.7 Å². The molecule has 11 heavy (non-hydrogen) atoms. The number of anilines is 1. The SMILES string of the molecule is Nc1ccc(-c2ncc[nH]2)s1. The monoisotopic (exact) mass is 165 g/mol. The Morgan fingerprint density at radius 2 is 2.36 bits per heavy atom. The van der Waals surface area contributed by atoms with Crippen molar-refractivity contribution in [1.29, 1.82) is 0 Å². The fourth-order valence-electron chi connectivity index (χ4n) is 0.880. The highest BCUT2D eigenvalue weighted by Gasteiger charge is 2.00. The second kappa shape index (κ2) is 2.39. The van der Waals surface area contributed by atoms with E-state index in [4.69, 9.17) is 5.73 Å². The first-order chi connectivity index (χ1) is 5.36. The number of imidazole rings is 1. The van der Waals surface area contributed by atoms with Crippen molar-refractivity contribution in [3.05, 3.63) is 24.5 Å². The number of rotatable bonds is 1. The summed E-state index contributed by atoms with van der Waals surface area (Å²) >= 11 is 1.53. The lowest BCUT2D eigenvalue weighted by atomic mass is 10.4. The van der Waals surface area contributed by atoms with Gasteiger partial charge < -0.3 is 10.7 Å². The molecule has 3 N–H and O–H groups in total. The summed E-state index contributed by atoms with van der Waals surface area (Å²) in [5, 5.41) is 0.816. The predicted octanol–water partition coefficient (Wildman–Crippen LogP) is 1.72. The third-order valence-corrected chi connectivity index (χ3v) is 2.28. The van der Waals surface area contributed by atoms with Crippen molar-refractivity contribution in [3.63, 3.8) is 0 Å². The summed E-state index contributed by atoms with van der Waals surface area (Å²) in [4.78, 5) is 8.19. The molecule has 0 spiro atoms. The number of nitrogens with one attached hydrogen (secondary N) is 1. The Balaban J connectivity index is 2.45. The fraction of sp³-hybridized carbons (Fsp3) is 0. The zero-order valence-corrected chi connectivity index (χ0v) is 6.56. The molecule has 4 heteroatoms. The van der Waals surface area contributed by atoms with Crippen LogP contribution in [0.25, 0.3) is 10.7 Å². The Morgan fingerprint density at radius 1 is 1.45 bits per heavy atom. The average molecular weight is 165 g/mol. The Hall–Kier alpha value is -1.29. The number of aromatic amines is 1. The van der Waals surface area contributed by atoms with E-state index >= 15 is 0 Å². The first-order valence-electron chi connectivity index (χ1n) is 3.21. The second-order valence-electron chi connectivity index (χ2n) is 2.14. The van der Waals surface area contributed by atoms with Crippen LogP contribution in [0, 0.1) is 0 Å². The molecule has 0 saturated heterocycles. The minimum Gasteiger partial charge on any atom is -0.391 e. The molecule has 0 amide bonds. The molecule has 0 saturated carbocycles. The van der Waals surface area contributed by atoms with Crippen molar-refractivity contribution in [3.8, 4) is 10.7 Å². The van der Waals surface area contributed by atoms with Crippen molar-refractivity contribution in [2.75, 3.05) is 5.73 Å². The van der Waals surface area contributed by atoms with Gasteiger partial charge in [-0.2, -0.15) is 0 Å². The standard InChI is InChI=1S/C7H7N3S/c8-6-2-1-5(11-6)7-9-3-4-10-7/h1-4H,8H2,(H,9,10). The van der Waals surface area contributed by atoms with Gasteiger partial charge in [-0.3, -0.25) is 0 Å². The van der Waals surface area contributed by atoms with Crippen LogP contribution in [0.2, 0.25) is 0 Å². The van der Waals surface area contributed by atoms with Gasteiger partial charge in [0.2, 0.25) is 0 Å². The summed E-state index contributed by atoms with van der Waals surface area (Å²) in [6, 6.07) is 3.83. The Kier molecular flexibility index (Phi) is 1.40. The molecule has 2 heterocycles. The fourth-order valence-corrected chi connectivity index (χ4v) is 1.61. The maximum absolute atomic E-state index is 5.56. The number of aromatic nitrogens is 2. The largest absolute Gasteiger partial charge is 0.391 e. The molecule has 0 radical (unpaired) electrons. The number of H-pyrrole nitrogens is 1. The van der Waals surface area contributed by atoms with Crippen LogP contribution in [-0.2, 0) is 0 Å². The van der Waals surface area contributed by atoms with Crippen LogP contribution in [0.1, 0.15) is 0 Å². The number of nitrogens with zero attached hydrogens (tertiary/aromatic N) is 1. The summed E-state index contributed by atoms with van der Waals surface area (Å²) in [6.07, 6.45) is 3.52. The predicted molar refractivity (Wildman–Crippen MR) is 46.3 cm³/mol. The number of nitrogen functional groups attached to an aromatic ring is 1. The Bertz CT molecular complexity index is 336. The molecule has 56 valence electrons. The average Bonchev–Trinajstić information content (AvgIpc) is 2.55. The highest BCUT2D eigenvalue weighted by Crippen LogP contribution is 2.26. The Labute approximate surface area is 67.9 Å². The van der Waals surface area contributed by atoms with Crippen LogP contribution >= 0.6 is 11.3 Å². The quantitative estimate of drug-likeness (QED) is 0.676. The summed E-state index contributed by atoms with van der Waals surface area (Å²) in [7, 11) is 0. The van der Waals surface area contributed by atoms with Gasteiger partial charge in [0.1, 0.15) is 5.82 Å². The molecule has 0 unspecified atom stereocenters. The molecule has 0 aliphatic rings. The van der Waals surface area contributed by atoms with Gasteiger partial charge in [-0.1, -0.05) is 0 Å². The van der Waals surface area contributed by atoms with Crippen molar-refractivity contribution in [2.24, 2.45) is 0 Å². The molecule has 0 bridgehead atoms. The van der Waals surface area contributed by atoms with E-state index in [9.17, 15) is 0 Å². The van der Waals surface area contributed by atoms with Gasteiger partial charge in [0.15, 0.2) is 0 Å². The van der Waals surface area contributed by atoms with Crippen LogP contribution in [0.5, 0.6) is 0 Å². The zero-order chi connectivity index (χ0) is 7.68. The van der Waals surface area contributed by atoms with Crippen molar-refractivity contribution < 1.29 is 0 Å². The molecule has 2 rings (SSSR count). The summed E-state index contributed by atoms with van der Waals surface area (Å²) < 4.78 is 0. The lowest BCUT2D eigenvalue weighted by Crippen LogP contribution is -1.73. The normalized spacial score (nSPS) is 10.2. The van der Waals surface area contributed by atoms with E-state index in [1.807, 2.05) is 12.1 Å².